The quantitative estimate of drug-likeness (QED) is 0.217. The van der Waals surface area contributed by atoms with Crippen molar-refractivity contribution in [2.45, 2.75) is 0 Å². The molecule has 0 saturated heterocycles. The maximum absolute atomic E-state index is 13.2. The van der Waals surface area contributed by atoms with E-state index in [4.69, 9.17) is 21.1 Å². The number of carbonyl (C=O) groups excluding carboxylic acids is 2. The van der Waals surface area contributed by atoms with Crippen LogP contribution in [0.4, 0.5) is 26.7 Å². The lowest BCUT2D eigenvalue weighted by atomic mass is 10.2. The first-order valence-corrected chi connectivity index (χ1v) is 12.2. The molecule has 9 heteroatoms. The molecular formula is C29H27ClN4O4. The average molecular weight is 531 g/mol. The lowest BCUT2D eigenvalue weighted by Gasteiger charge is -2.24. The van der Waals surface area contributed by atoms with Gasteiger partial charge in [0.05, 0.1) is 7.11 Å². The minimum atomic E-state index is -0.389. The summed E-state index contributed by atoms with van der Waals surface area (Å²) in [5, 5.41) is 8.98. The van der Waals surface area contributed by atoms with Crippen molar-refractivity contribution in [2.24, 2.45) is 0 Å². The largest absolute Gasteiger partial charge is 0.497 e. The van der Waals surface area contributed by atoms with Crippen LogP contribution in [0.5, 0.6) is 17.2 Å². The molecule has 0 aliphatic rings. The summed E-state index contributed by atoms with van der Waals surface area (Å²) < 4.78 is 11.0. The zero-order chi connectivity index (χ0) is 26.7. The Morgan fingerprint density at radius 1 is 0.737 bits per heavy atom. The number of amides is 4. The number of nitrogens with zero attached hydrogens (tertiary/aromatic N) is 1. The van der Waals surface area contributed by atoms with Gasteiger partial charge in [-0.25, -0.2) is 9.59 Å². The van der Waals surface area contributed by atoms with E-state index in [1.54, 1.807) is 79.9 Å². The molecule has 38 heavy (non-hydrogen) atoms. The lowest BCUT2D eigenvalue weighted by Crippen LogP contribution is -2.42. The van der Waals surface area contributed by atoms with Gasteiger partial charge in [-0.2, -0.15) is 0 Å². The highest BCUT2D eigenvalue weighted by molar-refractivity contribution is 6.30. The fourth-order valence-corrected chi connectivity index (χ4v) is 3.65. The van der Waals surface area contributed by atoms with Crippen LogP contribution in [0.25, 0.3) is 0 Å². The number of urea groups is 2. The molecule has 0 fully saturated rings. The molecule has 0 heterocycles. The van der Waals surface area contributed by atoms with Crippen molar-refractivity contribution in [3.05, 3.63) is 108 Å². The maximum atomic E-state index is 13.2. The van der Waals surface area contributed by atoms with Crippen LogP contribution in [0.1, 0.15) is 0 Å². The summed E-state index contributed by atoms with van der Waals surface area (Å²) in [5.74, 6) is 2.04. The molecule has 8 nitrogen and oxygen atoms in total. The van der Waals surface area contributed by atoms with E-state index < -0.39 is 0 Å². The number of carbonyl (C=O) groups is 2. The lowest BCUT2D eigenvalue weighted by molar-refractivity contribution is 0.250. The predicted octanol–water partition coefficient (Wildman–Crippen LogP) is 7.00. The van der Waals surface area contributed by atoms with Gasteiger partial charge in [-0.05, 0) is 84.9 Å². The Hall–Kier alpha value is -4.69. The zero-order valence-corrected chi connectivity index (χ0v) is 21.4. The van der Waals surface area contributed by atoms with Gasteiger partial charge in [-0.15, -0.1) is 0 Å². The summed E-state index contributed by atoms with van der Waals surface area (Å²) in [7, 11) is 1.58. The first-order chi connectivity index (χ1) is 18.5. The summed E-state index contributed by atoms with van der Waals surface area (Å²) in [5.41, 5.74) is 1.85. The molecule has 4 aromatic carbocycles. The third-order valence-corrected chi connectivity index (χ3v) is 5.69. The molecular weight excluding hydrogens is 504 g/mol. The van der Waals surface area contributed by atoms with Crippen LogP contribution >= 0.6 is 11.6 Å². The molecule has 0 atom stereocenters. The fraction of sp³-hybridized carbons (Fsp3) is 0.103. The Morgan fingerprint density at radius 3 is 1.97 bits per heavy atom. The van der Waals surface area contributed by atoms with Gasteiger partial charge in [0.2, 0.25) is 0 Å². The van der Waals surface area contributed by atoms with Crippen LogP contribution < -0.4 is 30.3 Å². The normalized spacial score (nSPS) is 10.3. The summed E-state index contributed by atoms with van der Waals surface area (Å²) in [4.78, 5) is 27.1. The van der Waals surface area contributed by atoms with E-state index >= 15 is 0 Å². The Balaban J connectivity index is 1.41. The van der Waals surface area contributed by atoms with Gasteiger partial charge in [0.15, 0.2) is 0 Å². The van der Waals surface area contributed by atoms with Crippen molar-refractivity contribution in [3.63, 3.8) is 0 Å². The molecule has 3 N–H and O–H groups in total. The number of methoxy groups -OCH3 is 1. The summed E-state index contributed by atoms with van der Waals surface area (Å²) >= 11 is 5.96. The molecule has 4 rings (SSSR count). The van der Waals surface area contributed by atoms with Crippen LogP contribution in [0, 0.1) is 0 Å². The van der Waals surface area contributed by atoms with E-state index in [0.29, 0.717) is 39.3 Å². The average Bonchev–Trinajstić information content (AvgIpc) is 2.94. The van der Waals surface area contributed by atoms with E-state index in [1.165, 1.54) is 4.90 Å². The SMILES string of the molecule is COc1ccc(NC(=O)NCCN(C(=O)Nc2ccc(Cl)cc2)c2ccc(Oc3ccccc3)cc2)cc1. The van der Waals surface area contributed by atoms with Crippen molar-refractivity contribution in [2.75, 3.05) is 35.7 Å². The highest BCUT2D eigenvalue weighted by Crippen LogP contribution is 2.25. The monoisotopic (exact) mass is 530 g/mol. The van der Waals surface area contributed by atoms with E-state index in [1.807, 2.05) is 30.3 Å². The molecule has 0 unspecified atom stereocenters. The highest BCUT2D eigenvalue weighted by Gasteiger charge is 2.17. The number of hydrogen-bond donors (Lipinski definition) is 3. The number of hydrogen-bond acceptors (Lipinski definition) is 4. The van der Waals surface area contributed by atoms with Crippen molar-refractivity contribution < 1.29 is 19.1 Å². The number of benzene rings is 4. The summed E-state index contributed by atoms with van der Waals surface area (Å²) in [6.45, 7) is 0.423. The van der Waals surface area contributed by atoms with Gasteiger partial charge < -0.3 is 25.4 Å². The van der Waals surface area contributed by atoms with E-state index in [9.17, 15) is 9.59 Å². The van der Waals surface area contributed by atoms with Crippen molar-refractivity contribution >= 4 is 40.7 Å². The van der Waals surface area contributed by atoms with Gasteiger partial charge in [0.1, 0.15) is 17.2 Å². The van der Waals surface area contributed by atoms with Crippen LogP contribution in [0.15, 0.2) is 103 Å². The fourth-order valence-electron chi connectivity index (χ4n) is 3.52. The van der Waals surface area contributed by atoms with Gasteiger partial charge in [0.25, 0.3) is 0 Å². The van der Waals surface area contributed by atoms with E-state index in [0.717, 1.165) is 0 Å². The van der Waals surface area contributed by atoms with Gasteiger partial charge in [-0.1, -0.05) is 29.8 Å². The Labute approximate surface area is 226 Å². The second kappa shape index (κ2) is 13.0. The molecule has 0 saturated carbocycles. The predicted molar refractivity (Wildman–Crippen MR) is 151 cm³/mol. The minimum absolute atomic E-state index is 0.207. The third kappa shape index (κ3) is 7.65. The molecule has 0 aromatic heterocycles. The number of para-hydroxylation sites is 1. The van der Waals surface area contributed by atoms with E-state index in [-0.39, 0.29) is 25.2 Å². The topological polar surface area (TPSA) is 91.9 Å². The zero-order valence-electron chi connectivity index (χ0n) is 20.7. The Bertz CT molecular complexity index is 1330. The van der Waals surface area contributed by atoms with Crippen molar-refractivity contribution in [1.82, 2.24) is 5.32 Å². The Morgan fingerprint density at radius 2 is 1.32 bits per heavy atom. The second-order valence-corrected chi connectivity index (χ2v) is 8.54. The number of rotatable bonds is 9. The standard InChI is InChI=1S/C29H27ClN4O4/c1-37-25-15-11-22(12-16-25)32-28(35)31-19-20-34(29(36)33-23-9-7-21(30)8-10-23)24-13-17-27(18-14-24)38-26-5-3-2-4-6-26/h2-18H,19-20H2,1H3,(H,33,36)(H2,31,32,35). The molecule has 0 aliphatic heterocycles. The van der Waals surface area contributed by atoms with Crippen molar-refractivity contribution in [1.29, 1.82) is 0 Å². The smallest absolute Gasteiger partial charge is 0.326 e. The summed E-state index contributed by atoms with van der Waals surface area (Å²) in [6, 6.07) is 29.6. The van der Waals surface area contributed by atoms with Gasteiger partial charge in [-0.3, -0.25) is 4.90 Å². The first-order valence-electron chi connectivity index (χ1n) is 11.9. The number of nitrogens with one attached hydrogen (secondary N) is 3. The molecule has 4 aromatic rings. The molecule has 0 aliphatic carbocycles. The van der Waals surface area contributed by atoms with Crippen LogP contribution in [-0.4, -0.2) is 32.3 Å². The number of halogens is 1. The third-order valence-electron chi connectivity index (χ3n) is 5.44. The maximum Gasteiger partial charge on any atom is 0.326 e. The number of anilines is 3. The van der Waals surface area contributed by atoms with Gasteiger partial charge >= 0.3 is 12.1 Å². The van der Waals surface area contributed by atoms with E-state index in [2.05, 4.69) is 16.0 Å². The van der Waals surface area contributed by atoms with Crippen LogP contribution in [0.2, 0.25) is 5.02 Å². The molecule has 194 valence electrons. The molecule has 0 spiro atoms. The Kier molecular flexibility index (Phi) is 9.04. The minimum Gasteiger partial charge on any atom is -0.497 e. The molecule has 4 amide bonds. The van der Waals surface area contributed by atoms with Crippen LogP contribution in [-0.2, 0) is 0 Å². The van der Waals surface area contributed by atoms with Gasteiger partial charge in [0, 0.05) is 35.2 Å². The highest BCUT2D eigenvalue weighted by atomic mass is 35.5. The molecule has 0 radical (unpaired) electrons. The number of ether oxygens (including phenoxy) is 2. The second-order valence-electron chi connectivity index (χ2n) is 8.11. The molecule has 0 bridgehead atoms. The van der Waals surface area contributed by atoms with Crippen molar-refractivity contribution in [3.8, 4) is 17.2 Å². The summed E-state index contributed by atoms with van der Waals surface area (Å²) in [6.07, 6.45) is 0. The van der Waals surface area contributed by atoms with Crippen LogP contribution in [0.3, 0.4) is 0 Å². The first kappa shape index (κ1) is 26.4.